The predicted octanol–water partition coefficient (Wildman–Crippen LogP) is 8.50. The monoisotopic (exact) mass is 464 g/mol. The first kappa shape index (κ1) is 20.9. The van der Waals surface area contributed by atoms with Gasteiger partial charge in [0.05, 0.1) is 10.8 Å². The molecule has 6 aromatic rings. The molecule has 0 radical (unpaired) electrons. The molecule has 172 valence electrons. The minimum absolute atomic E-state index is 0.0141. The number of benzene rings is 5. The molecular weight excluding hydrogens is 440 g/mol. The van der Waals surface area contributed by atoms with Gasteiger partial charge in [-0.15, -0.1) is 0 Å². The molecule has 2 nitrogen and oxygen atoms in total. The van der Waals surface area contributed by atoms with Crippen LogP contribution in [0, 0.1) is 5.92 Å². The van der Waals surface area contributed by atoms with Gasteiger partial charge in [-0.05, 0) is 86.8 Å². The van der Waals surface area contributed by atoms with E-state index in [1.807, 2.05) is 42.5 Å². The Morgan fingerprint density at radius 1 is 0.667 bits per heavy atom. The minimum atomic E-state index is 0.0141. The highest BCUT2D eigenvalue weighted by Gasteiger charge is 2.20. The zero-order valence-corrected chi connectivity index (χ0v) is 20.0. The van der Waals surface area contributed by atoms with Gasteiger partial charge in [-0.3, -0.25) is 4.79 Å². The van der Waals surface area contributed by atoms with Crippen LogP contribution in [0.4, 0.5) is 0 Å². The molecule has 0 amide bonds. The highest BCUT2D eigenvalue weighted by atomic mass is 16.3. The average molecular weight is 465 g/mol. The Balaban J connectivity index is 1.37. The van der Waals surface area contributed by atoms with Gasteiger partial charge in [0.25, 0.3) is 0 Å². The van der Waals surface area contributed by atoms with Crippen LogP contribution in [0.2, 0.25) is 0 Å². The van der Waals surface area contributed by atoms with E-state index < -0.39 is 0 Å². The number of hydrogen-bond donors (Lipinski definition) is 0. The topological polar surface area (TPSA) is 30.2 Å². The van der Waals surface area contributed by atoms with Crippen molar-refractivity contribution in [1.82, 2.24) is 0 Å². The third-order valence-corrected chi connectivity index (χ3v) is 7.51. The molecule has 2 heteroatoms. The van der Waals surface area contributed by atoms with Crippen molar-refractivity contribution < 1.29 is 4.42 Å². The van der Waals surface area contributed by atoms with Gasteiger partial charge >= 0.3 is 0 Å². The molecule has 0 aliphatic heterocycles. The van der Waals surface area contributed by atoms with Gasteiger partial charge in [-0.2, -0.15) is 0 Å². The summed E-state index contributed by atoms with van der Waals surface area (Å²) in [6.07, 6.45) is 3.27. The first-order valence-corrected chi connectivity index (χ1v) is 12.4. The SMILES string of the molecule is CC1Cc2ccccc2C=C1c1ccc2oc3ccc(-c4ccc5ccccc5c4)cc3c(=O)c2c1. The van der Waals surface area contributed by atoms with E-state index in [0.717, 1.165) is 23.1 Å². The summed E-state index contributed by atoms with van der Waals surface area (Å²) in [6.45, 7) is 2.25. The van der Waals surface area contributed by atoms with Crippen molar-refractivity contribution in [2.45, 2.75) is 13.3 Å². The maximum Gasteiger partial charge on any atom is 0.200 e. The second-order valence-electron chi connectivity index (χ2n) is 9.82. The van der Waals surface area contributed by atoms with E-state index >= 15 is 0 Å². The first-order chi connectivity index (χ1) is 17.6. The van der Waals surface area contributed by atoms with E-state index in [9.17, 15) is 4.79 Å². The second-order valence-corrected chi connectivity index (χ2v) is 9.82. The molecule has 1 aliphatic rings. The Bertz CT molecular complexity index is 1910. The van der Waals surface area contributed by atoms with Crippen molar-refractivity contribution in [2.24, 2.45) is 5.92 Å². The lowest BCUT2D eigenvalue weighted by molar-refractivity contribution is 0.660. The molecule has 0 N–H and O–H groups in total. The van der Waals surface area contributed by atoms with Crippen LogP contribution in [0.1, 0.15) is 23.6 Å². The standard InChI is InChI=1S/C34H24O2/c1-21-16-23-7-4-5-9-25(23)18-29(21)28-13-15-33-31(20-28)34(35)30-19-27(12-14-32(30)36-33)26-11-10-22-6-2-3-8-24(22)17-26/h2-15,17-21H,16H2,1H3. The molecule has 1 unspecified atom stereocenters. The Morgan fingerprint density at radius 2 is 1.31 bits per heavy atom. The first-order valence-electron chi connectivity index (χ1n) is 12.4. The molecule has 36 heavy (non-hydrogen) atoms. The van der Waals surface area contributed by atoms with Gasteiger partial charge < -0.3 is 4.42 Å². The van der Waals surface area contributed by atoms with Crippen LogP contribution in [0.5, 0.6) is 0 Å². The highest BCUT2D eigenvalue weighted by Crippen LogP contribution is 2.36. The van der Waals surface area contributed by atoms with E-state index in [2.05, 4.69) is 73.7 Å². The Hall–Kier alpha value is -4.43. The maximum atomic E-state index is 13.7. The van der Waals surface area contributed by atoms with Crippen LogP contribution in [-0.2, 0) is 6.42 Å². The van der Waals surface area contributed by atoms with Crippen molar-refractivity contribution in [3.8, 4) is 11.1 Å². The molecule has 1 heterocycles. The van der Waals surface area contributed by atoms with Crippen molar-refractivity contribution in [2.75, 3.05) is 0 Å². The third-order valence-electron chi connectivity index (χ3n) is 7.51. The van der Waals surface area contributed by atoms with Crippen LogP contribution in [-0.4, -0.2) is 0 Å². The largest absolute Gasteiger partial charge is 0.456 e. The summed E-state index contributed by atoms with van der Waals surface area (Å²) >= 11 is 0. The molecule has 1 aromatic heterocycles. The summed E-state index contributed by atoms with van der Waals surface area (Å²) in [7, 11) is 0. The van der Waals surface area contributed by atoms with Crippen LogP contribution in [0.25, 0.3) is 55.5 Å². The van der Waals surface area contributed by atoms with E-state index in [0.29, 0.717) is 27.9 Å². The van der Waals surface area contributed by atoms with E-state index in [-0.39, 0.29) is 5.43 Å². The van der Waals surface area contributed by atoms with Gasteiger partial charge in [0.15, 0.2) is 0 Å². The lowest BCUT2D eigenvalue weighted by Crippen LogP contribution is -2.10. The lowest BCUT2D eigenvalue weighted by Gasteiger charge is -2.23. The highest BCUT2D eigenvalue weighted by molar-refractivity contribution is 5.96. The van der Waals surface area contributed by atoms with Gasteiger partial charge in [-0.25, -0.2) is 0 Å². The summed E-state index contributed by atoms with van der Waals surface area (Å²) in [5, 5.41) is 3.62. The van der Waals surface area contributed by atoms with Gasteiger partial charge in [-0.1, -0.05) is 85.8 Å². The summed E-state index contributed by atoms with van der Waals surface area (Å²) in [5.41, 5.74) is 8.34. The summed E-state index contributed by atoms with van der Waals surface area (Å²) in [6, 6.07) is 35.2. The smallest absolute Gasteiger partial charge is 0.200 e. The molecule has 7 rings (SSSR count). The van der Waals surface area contributed by atoms with Crippen molar-refractivity contribution in [3.63, 3.8) is 0 Å². The number of rotatable bonds is 2. The zero-order valence-electron chi connectivity index (χ0n) is 20.0. The van der Waals surface area contributed by atoms with Crippen molar-refractivity contribution >= 4 is 44.4 Å². The van der Waals surface area contributed by atoms with Gasteiger partial charge in [0.1, 0.15) is 11.2 Å². The molecule has 5 aromatic carbocycles. The van der Waals surface area contributed by atoms with Crippen LogP contribution in [0.3, 0.4) is 0 Å². The van der Waals surface area contributed by atoms with Crippen molar-refractivity contribution in [1.29, 1.82) is 0 Å². The summed E-state index contributed by atoms with van der Waals surface area (Å²) < 4.78 is 6.19. The minimum Gasteiger partial charge on any atom is -0.456 e. The fraction of sp³-hybridized carbons (Fsp3) is 0.0882. The number of allylic oxidation sites excluding steroid dienone is 1. The third kappa shape index (κ3) is 3.37. The molecule has 1 aliphatic carbocycles. The van der Waals surface area contributed by atoms with E-state index in [4.69, 9.17) is 4.42 Å². The maximum absolute atomic E-state index is 13.7. The molecule has 1 atom stereocenters. The van der Waals surface area contributed by atoms with Crippen molar-refractivity contribution in [3.05, 3.63) is 130 Å². The van der Waals surface area contributed by atoms with Gasteiger partial charge in [0, 0.05) is 0 Å². The second kappa shape index (κ2) is 8.07. The van der Waals surface area contributed by atoms with Gasteiger partial charge in [0.2, 0.25) is 5.43 Å². The number of fused-ring (bicyclic) bond motifs is 4. The van der Waals surface area contributed by atoms with Crippen LogP contribution < -0.4 is 5.43 Å². The molecule has 0 saturated carbocycles. The normalized spacial score (nSPS) is 15.2. The molecule has 0 bridgehead atoms. The Kier molecular flexibility index (Phi) is 4.68. The summed E-state index contributed by atoms with van der Waals surface area (Å²) in [4.78, 5) is 13.7. The zero-order chi connectivity index (χ0) is 24.2. The molecule has 0 fully saturated rings. The number of hydrogen-bond acceptors (Lipinski definition) is 2. The predicted molar refractivity (Wildman–Crippen MR) is 150 cm³/mol. The summed E-state index contributed by atoms with van der Waals surface area (Å²) in [5.74, 6) is 0.379. The Labute approximate surface area is 209 Å². The fourth-order valence-corrected chi connectivity index (χ4v) is 5.56. The molecular formula is C34H24O2. The quantitative estimate of drug-likeness (QED) is 0.241. The fourth-order valence-electron chi connectivity index (χ4n) is 5.56. The van der Waals surface area contributed by atoms with E-state index in [1.165, 1.54) is 27.5 Å². The van der Waals surface area contributed by atoms with E-state index in [1.54, 1.807) is 0 Å². The average Bonchev–Trinajstić information content (AvgIpc) is 2.92. The lowest BCUT2D eigenvalue weighted by atomic mass is 9.81. The Morgan fingerprint density at radius 3 is 2.14 bits per heavy atom. The molecule has 0 saturated heterocycles. The molecule has 0 spiro atoms. The van der Waals surface area contributed by atoms with Crippen LogP contribution >= 0.6 is 0 Å². The van der Waals surface area contributed by atoms with Crippen LogP contribution in [0.15, 0.2) is 112 Å².